The lowest BCUT2D eigenvalue weighted by Gasteiger charge is -2.34. The van der Waals surface area contributed by atoms with Crippen LogP contribution in [0.25, 0.3) is 0 Å². The minimum Gasteiger partial charge on any atom is -0.497 e. The summed E-state index contributed by atoms with van der Waals surface area (Å²) in [5.74, 6) is 0.868. The summed E-state index contributed by atoms with van der Waals surface area (Å²) in [5, 5.41) is 4.20. The number of hydrogen-bond donors (Lipinski definition) is 1. The standard InChI is InChI=1S/C13H19ClN2O/c1-10-8-15-5-6-16(10)9-11-7-12(17-2)3-4-13(11)14/h3-4,7,10,15H,5-6,8-9H2,1-2H3. The van der Waals surface area contributed by atoms with Crippen LogP contribution in [0.15, 0.2) is 18.2 Å². The number of nitrogens with zero attached hydrogens (tertiary/aromatic N) is 1. The number of piperazine rings is 1. The first-order chi connectivity index (χ1) is 8.20. The molecule has 1 aliphatic rings. The van der Waals surface area contributed by atoms with Gasteiger partial charge in [0.05, 0.1) is 7.11 Å². The van der Waals surface area contributed by atoms with Crippen LogP contribution in [0.5, 0.6) is 5.75 Å². The van der Waals surface area contributed by atoms with Crippen molar-refractivity contribution in [2.75, 3.05) is 26.7 Å². The second-order valence-electron chi connectivity index (χ2n) is 4.48. The third-order valence-electron chi connectivity index (χ3n) is 3.27. The first-order valence-corrected chi connectivity index (χ1v) is 6.35. The molecule has 0 amide bonds. The van der Waals surface area contributed by atoms with Crippen molar-refractivity contribution < 1.29 is 4.74 Å². The Balaban J connectivity index is 2.11. The number of ether oxygens (including phenoxy) is 1. The van der Waals surface area contributed by atoms with Crippen LogP contribution < -0.4 is 10.1 Å². The van der Waals surface area contributed by atoms with Crippen molar-refractivity contribution in [3.63, 3.8) is 0 Å². The number of nitrogens with one attached hydrogen (secondary N) is 1. The van der Waals surface area contributed by atoms with Crippen LogP contribution in [0.1, 0.15) is 12.5 Å². The molecule has 17 heavy (non-hydrogen) atoms. The summed E-state index contributed by atoms with van der Waals surface area (Å²) < 4.78 is 5.24. The third kappa shape index (κ3) is 3.12. The fraction of sp³-hybridized carbons (Fsp3) is 0.538. The van der Waals surface area contributed by atoms with Crippen molar-refractivity contribution in [1.82, 2.24) is 10.2 Å². The number of methoxy groups -OCH3 is 1. The molecule has 4 heteroatoms. The maximum absolute atomic E-state index is 6.22. The van der Waals surface area contributed by atoms with E-state index in [-0.39, 0.29) is 0 Å². The van der Waals surface area contributed by atoms with Crippen molar-refractivity contribution in [2.24, 2.45) is 0 Å². The highest BCUT2D eigenvalue weighted by Crippen LogP contribution is 2.24. The van der Waals surface area contributed by atoms with Crippen LogP contribution in [0.2, 0.25) is 5.02 Å². The van der Waals surface area contributed by atoms with Crippen LogP contribution >= 0.6 is 11.6 Å². The number of benzene rings is 1. The van der Waals surface area contributed by atoms with E-state index in [9.17, 15) is 0 Å². The van der Waals surface area contributed by atoms with E-state index in [0.717, 1.165) is 42.5 Å². The molecular formula is C13H19ClN2O. The Hall–Kier alpha value is -0.770. The molecule has 0 saturated carbocycles. The molecule has 0 aromatic heterocycles. The highest BCUT2D eigenvalue weighted by molar-refractivity contribution is 6.31. The monoisotopic (exact) mass is 254 g/mol. The quantitative estimate of drug-likeness (QED) is 0.895. The van der Waals surface area contributed by atoms with Gasteiger partial charge in [0, 0.05) is 37.2 Å². The van der Waals surface area contributed by atoms with E-state index in [1.807, 2.05) is 18.2 Å². The van der Waals surface area contributed by atoms with Crippen molar-refractivity contribution in [3.05, 3.63) is 28.8 Å². The Morgan fingerprint density at radius 2 is 2.35 bits per heavy atom. The van der Waals surface area contributed by atoms with Crippen molar-refractivity contribution in [2.45, 2.75) is 19.5 Å². The van der Waals surface area contributed by atoms with E-state index in [0.29, 0.717) is 6.04 Å². The number of hydrogen-bond acceptors (Lipinski definition) is 3. The first kappa shape index (κ1) is 12.7. The zero-order valence-electron chi connectivity index (χ0n) is 10.4. The Bertz CT molecular complexity index is 384. The minimum atomic E-state index is 0.547. The molecule has 1 aliphatic heterocycles. The zero-order chi connectivity index (χ0) is 12.3. The van der Waals surface area contributed by atoms with Gasteiger partial charge in [-0.25, -0.2) is 0 Å². The zero-order valence-corrected chi connectivity index (χ0v) is 11.1. The Labute approximate surface area is 108 Å². The van der Waals surface area contributed by atoms with Gasteiger partial charge in [0.15, 0.2) is 0 Å². The van der Waals surface area contributed by atoms with Crippen LogP contribution in [0.4, 0.5) is 0 Å². The normalized spacial score (nSPS) is 21.5. The predicted molar refractivity (Wildman–Crippen MR) is 70.7 cm³/mol. The Morgan fingerprint density at radius 3 is 3.06 bits per heavy atom. The van der Waals surface area contributed by atoms with Crippen LogP contribution in [0.3, 0.4) is 0 Å². The van der Waals surface area contributed by atoms with Crippen LogP contribution in [0, 0.1) is 0 Å². The molecule has 0 spiro atoms. The first-order valence-electron chi connectivity index (χ1n) is 5.98. The Morgan fingerprint density at radius 1 is 1.53 bits per heavy atom. The van der Waals surface area contributed by atoms with Crippen molar-refractivity contribution in [1.29, 1.82) is 0 Å². The minimum absolute atomic E-state index is 0.547. The highest BCUT2D eigenvalue weighted by Gasteiger charge is 2.18. The van der Waals surface area contributed by atoms with Gasteiger partial charge < -0.3 is 10.1 Å². The van der Waals surface area contributed by atoms with Gasteiger partial charge in [0.2, 0.25) is 0 Å². The van der Waals surface area contributed by atoms with Gasteiger partial charge in [0.25, 0.3) is 0 Å². The van der Waals surface area contributed by atoms with E-state index in [1.54, 1.807) is 7.11 Å². The largest absolute Gasteiger partial charge is 0.497 e. The molecule has 1 aromatic rings. The lowest BCUT2D eigenvalue weighted by Crippen LogP contribution is -2.49. The summed E-state index contributed by atoms with van der Waals surface area (Å²) in [6, 6.07) is 6.37. The second-order valence-corrected chi connectivity index (χ2v) is 4.89. The fourth-order valence-electron chi connectivity index (χ4n) is 2.14. The highest BCUT2D eigenvalue weighted by atomic mass is 35.5. The number of rotatable bonds is 3. The average molecular weight is 255 g/mol. The molecule has 0 aliphatic carbocycles. The maximum Gasteiger partial charge on any atom is 0.119 e. The smallest absolute Gasteiger partial charge is 0.119 e. The fourth-order valence-corrected chi connectivity index (χ4v) is 2.31. The summed E-state index contributed by atoms with van der Waals surface area (Å²) in [4.78, 5) is 2.44. The topological polar surface area (TPSA) is 24.5 Å². The lowest BCUT2D eigenvalue weighted by atomic mass is 10.1. The van der Waals surface area contributed by atoms with E-state index in [2.05, 4.69) is 17.1 Å². The van der Waals surface area contributed by atoms with Gasteiger partial charge in [-0.05, 0) is 30.7 Å². The second kappa shape index (κ2) is 5.71. The molecule has 2 rings (SSSR count). The van der Waals surface area contributed by atoms with Crippen molar-refractivity contribution in [3.8, 4) is 5.75 Å². The molecule has 1 unspecified atom stereocenters. The summed E-state index contributed by atoms with van der Waals surface area (Å²) in [7, 11) is 1.68. The van der Waals surface area contributed by atoms with Gasteiger partial charge in [-0.2, -0.15) is 0 Å². The molecule has 3 nitrogen and oxygen atoms in total. The molecule has 1 N–H and O–H groups in total. The summed E-state index contributed by atoms with van der Waals surface area (Å²) in [6.45, 7) is 6.28. The lowest BCUT2D eigenvalue weighted by molar-refractivity contribution is 0.165. The molecule has 1 aromatic carbocycles. The van der Waals surface area contributed by atoms with E-state index in [1.165, 1.54) is 0 Å². The van der Waals surface area contributed by atoms with E-state index < -0.39 is 0 Å². The third-order valence-corrected chi connectivity index (χ3v) is 3.63. The average Bonchev–Trinajstić information content (AvgIpc) is 2.35. The molecular weight excluding hydrogens is 236 g/mol. The molecule has 1 heterocycles. The molecule has 94 valence electrons. The van der Waals surface area contributed by atoms with E-state index in [4.69, 9.17) is 16.3 Å². The number of halogens is 1. The summed E-state index contributed by atoms with van der Waals surface area (Å²) in [6.07, 6.45) is 0. The molecule has 1 atom stereocenters. The van der Waals surface area contributed by atoms with Gasteiger partial charge in [-0.3, -0.25) is 4.90 Å². The van der Waals surface area contributed by atoms with Crippen LogP contribution in [-0.2, 0) is 6.54 Å². The predicted octanol–water partition coefficient (Wildman–Crippen LogP) is 2.14. The van der Waals surface area contributed by atoms with Gasteiger partial charge in [0.1, 0.15) is 5.75 Å². The van der Waals surface area contributed by atoms with Gasteiger partial charge in [-0.15, -0.1) is 0 Å². The van der Waals surface area contributed by atoms with Crippen molar-refractivity contribution >= 4 is 11.6 Å². The Kier molecular flexibility index (Phi) is 4.26. The molecule has 0 radical (unpaired) electrons. The SMILES string of the molecule is COc1ccc(Cl)c(CN2CCNCC2C)c1. The summed E-state index contributed by atoms with van der Waals surface area (Å²) in [5.41, 5.74) is 1.14. The molecule has 1 saturated heterocycles. The van der Waals surface area contributed by atoms with E-state index >= 15 is 0 Å². The van der Waals surface area contributed by atoms with Gasteiger partial charge >= 0.3 is 0 Å². The molecule has 0 bridgehead atoms. The van der Waals surface area contributed by atoms with Crippen LogP contribution in [-0.4, -0.2) is 37.7 Å². The summed E-state index contributed by atoms with van der Waals surface area (Å²) >= 11 is 6.22. The maximum atomic E-state index is 6.22. The van der Waals surface area contributed by atoms with Gasteiger partial charge in [-0.1, -0.05) is 11.6 Å². The molecule has 1 fully saturated rings.